The maximum absolute atomic E-state index is 8.11. The average Bonchev–Trinajstić information content (AvgIpc) is 2.14. The quantitative estimate of drug-likeness (QED) is 0.423. The molecule has 0 aromatic rings. The van der Waals surface area contributed by atoms with Crippen LogP contribution in [0.5, 0.6) is 0 Å². The van der Waals surface area contributed by atoms with E-state index in [1.54, 1.807) is 0 Å². The zero-order valence-electron chi connectivity index (χ0n) is 3.59. The molecular weight excluding hydrogens is 92.1 g/mol. The monoisotopic (exact) mass is 95.0 g/mol. The van der Waals surface area contributed by atoms with E-state index in [9.17, 15) is 0 Å². The molecule has 1 heterocycles. The number of hydrogen-bond donors (Lipinski definition) is 0. The van der Waals surface area contributed by atoms with Crippen LogP contribution in [0.4, 0.5) is 0 Å². The van der Waals surface area contributed by atoms with Crippen LogP contribution in [-0.2, 0) is 4.84 Å². The van der Waals surface area contributed by atoms with E-state index in [1.807, 2.05) is 6.07 Å². The third-order valence-electron chi connectivity index (χ3n) is 0.648. The lowest BCUT2D eigenvalue weighted by Crippen LogP contribution is -1.94. The van der Waals surface area contributed by atoms with Crippen molar-refractivity contribution in [3.05, 3.63) is 11.8 Å². The Hall–Kier alpha value is -1.01. The normalized spacial score (nSPS) is 17.3. The van der Waals surface area contributed by atoms with Crippen LogP contribution in [0.1, 0.15) is 0 Å². The Morgan fingerprint density at radius 3 is 3.14 bits per heavy atom. The number of rotatable bonds is 0. The minimum Gasteiger partial charge on any atom is -0.394 e. The van der Waals surface area contributed by atoms with Gasteiger partial charge in [0.1, 0.15) is 6.26 Å². The van der Waals surface area contributed by atoms with E-state index in [2.05, 4.69) is 10.3 Å². The fraction of sp³-hybridized carbons (Fsp3) is 0.250. The van der Waals surface area contributed by atoms with Crippen LogP contribution < -0.4 is 5.48 Å². The summed E-state index contributed by atoms with van der Waals surface area (Å²) in [5.74, 6) is 0. The highest BCUT2D eigenvalue weighted by Crippen LogP contribution is 1.96. The molecule has 0 aromatic heterocycles. The number of hydrogen-bond acceptors (Lipinski definition) is 2. The number of nitriles is 1. The van der Waals surface area contributed by atoms with Crippen molar-refractivity contribution >= 4 is 0 Å². The molecule has 0 amide bonds. The molecule has 0 spiro atoms. The Labute approximate surface area is 41.1 Å². The van der Waals surface area contributed by atoms with Gasteiger partial charge >= 0.3 is 0 Å². The molecule has 0 fully saturated rings. The van der Waals surface area contributed by atoms with E-state index in [-0.39, 0.29) is 0 Å². The Morgan fingerprint density at radius 2 is 2.86 bits per heavy atom. The van der Waals surface area contributed by atoms with E-state index in [1.165, 1.54) is 6.26 Å². The highest BCUT2D eigenvalue weighted by atomic mass is 16.6. The molecule has 0 aliphatic carbocycles. The Balaban J connectivity index is 2.57. The molecule has 0 aromatic carbocycles. The molecule has 0 saturated heterocycles. The largest absolute Gasteiger partial charge is 0.394 e. The summed E-state index contributed by atoms with van der Waals surface area (Å²) in [5, 5.41) is 8.11. The van der Waals surface area contributed by atoms with Crippen molar-refractivity contribution in [1.29, 1.82) is 5.26 Å². The van der Waals surface area contributed by atoms with Crippen molar-refractivity contribution in [3.63, 3.8) is 0 Å². The van der Waals surface area contributed by atoms with Crippen molar-refractivity contribution in [2.75, 3.05) is 6.54 Å². The summed E-state index contributed by atoms with van der Waals surface area (Å²) < 4.78 is 0. The van der Waals surface area contributed by atoms with E-state index < -0.39 is 0 Å². The van der Waals surface area contributed by atoms with Gasteiger partial charge in [-0.05, 0) is 5.48 Å². The predicted octanol–water partition coefficient (Wildman–Crippen LogP) is -0.0565. The van der Waals surface area contributed by atoms with Crippen molar-refractivity contribution in [2.45, 2.75) is 0 Å². The second-order valence-electron chi connectivity index (χ2n) is 1.15. The first-order valence-corrected chi connectivity index (χ1v) is 1.85. The Kier molecular flexibility index (Phi) is 0.966. The van der Waals surface area contributed by atoms with E-state index in [0.29, 0.717) is 12.1 Å². The summed E-state index contributed by atoms with van der Waals surface area (Å²) in [6, 6.07) is 1.91. The number of nitrogens with zero attached hydrogens (tertiary/aromatic N) is 2. The highest BCUT2D eigenvalue weighted by molar-refractivity contribution is 5.21. The van der Waals surface area contributed by atoms with Crippen LogP contribution in [0.2, 0.25) is 0 Å². The topological polar surface area (TPSA) is 47.1 Å². The van der Waals surface area contributed by atoms with Gasteiger partial charge in [-0.15, -0.1) is 0 Å². The van der Waals surface area contributed by atoms with Gasteiger partial charge in [0.05, 0.1) is 18.2 Å². The van der Waals surface area contributed by atoms with E-state index in [4.69, 9.17) is 5.26 Å². The fourth-order valence-electron chi connectivity index (χ4n) is 0.307. The molecule has 3 heteroatoms. The molecule has 7 heavy (non-hydrogen) atoms. The Bertz CT molecular complexity index is 133. The molecule has 0 unspecified atom stereocenters. The molecular formula is C4H3N2O. The molecule has 1 rings (SSSR count). The standard InChI is InChI=1S/C4H3N2O/c5-1-4-2-6-7-3-4/h3H,2H2. The molecule has 0 bridgehead atoms. The van der Waals surface area contributed by atoms with Crippen molar-refractivity contribution in [3.8, 4) is 6.07 Å². The molecule has 3 nitrogen and oxygen atoms in total. The lowest BCUT2D eigenvalue weighted by molar-refractivity contribution is 0.158. The third kappa shape index (κ3) is 0.699. The molecule has 0 atom stereocenters. The van der Waals surface area contributed by atoms with Crippen LogP contribution >= 0.6 is 0 Å². The van der Waals surface area contributed by atoms with Gasteiger partial charge in [0.15, 0.2) is 0 Å². The summed E-state index contributed by atoms with van der Waals surface area (Å²) in [6.45, 7) is 0.413. The van der Waals surface area contributed by atoms with Gasteiger partial charge in [-0.2, -0.15) is 5.26 Å². The van der Waals surface area contributed by atoms with Crippen molar-refractivity contribution in [1.82, 2.24) is 5.48 Å². The molecule has 1 radical (unpaired) electrons. The first-order chi connectivity index (χ1) is 3.43. The lowest BCUT2D eigenvalue weighted by Gasteiger charge is -1.77. The smallest absolute Gasteiger partial charge is 0.128 e. The Morgan fingerprint density at radius 1 is 2.00 bits per heavy atom. The average molecular weight is 95.1 g/mol. The van der Waals surface area contributed by atoms with Crippen LogP contribution in [-0.4, -0.2) is 6.54 Å². The summed E-state index contributed by atoms with van der Waals surface area (Å²) in [5.41, 5.74) is 4.00. The molecule has 0 N–H and O–H groups in total. The summed E-state index contributed by atoms with van der Waals surface area (Å²) in [6.07, 6.45) is 1.35. The summed E-state index contributed by atoms with van der Waals surface area (Å²) in [4.78, 5) is 4.39. The third-order valence-corrected chi connectivity index (χ3v) is 0.648. The molecule has 1 aliphatic rings. The van der Waals surface area contributed by atoms with Gasteiger partial charge < -0.3 is 4.84 Å². The second-order valence-corrected chi connectivity index (χ2v) is 1.15. The minimum absolute atomic E-state index is 0.413. The fourth-order valence-corrected chi connectivity index (χ4v) is 0.307. The number of hydroxylamine groups is 1. The lowest BCUT2D eigenvalue weighted by atomic mass is 10.3. The molecule has 35 valence electrons. The summed E-state index contributed by atoms with van der Waals surface area (Å²) >= 11 is 0. The first kappa shape index (κ1) is 4.16. The van der Waals surface area contributed by atoms with E-state index in [0.717, 1.165) is 0 Å². The zero-order chi connectivity index (χ0) is 5.11. The predicted molar refractivity (Wildman–Crippen MR) is 21.8 cm³/mol. The van der Waals surface area contributed by atoms with Gasteiger partial charge in [0, 0.05) is 0 Å². The highest BCUT2D eigenvalue weighted by Gasteiger charge is 2.02. The van der Waals surface area contributed by atoms with Crippen LogP contribution in [0, 0.1) is 11.3 Å². The molecule has 0 saturated carbocycles. The maximum Gasteiger partial charge on any atom is 0.128 e. The van der Waals surface area contributed by atoms with Crippen LogP contribution in [0.15, 0.2) is 11.8 Å². The zero-order valence-corrected chi connectivity index (χ0v) is 3.59. The second kappa shape index (κ2) is 1.63. The first-order valence-electron chi connectivity index (χ1n) is 1.85. The minimum atomic E-state index is 0.413. The summed E-state index contributed by atoms with van der Waals surface area (Å²) in [7, 11) is 0. The van der Waals surface area contributed by atoms with Gasteiger partial charge in [-0.3, -0.25) is 0 Å². The van der Waals surface area contributed by atoms with Gasteiger partial charge in [0.2, 0.25) is 0 Å². The van der Waals surface area contributed by atoms with Gasteiger partial charge in [-0.25, -0.2) is 0 Å². The van der Waals surface area contributed by atoms with Crippen molar-refractivity contribution in [2.24, 2.45) is 0 Å². The van der Waals surface area contributed by atoms with Crippen molar-refractivity contribution < 1.29 is 4.84 Å². The van der Waals surface area contributed by atoms with Crippen LogP contribution in [0.3, 0.4) is 0 Å². The SMILES string of the molecule is N#CC1=CO[N]C1. The van der Waals surface area contributed by atoms with Crippen LogP contribution in [0.25, 0.3) is 0 Å². The molecule has 1 aliphatic heterocycles. The van der Waals surface area contributed by atoms with Gasteiger partial charge in [0.25, 0.3) is 0 Å². The van der Waals surface area contributed by atoms with Gasteiger partial charge in [-0.1, -0.05) is 0 Å². The maximum atomic E-state index is 8.11. The van der Waals surface area contributed by atoms with E-state index >= 15 is 0 Å².